The van der Waals surface area contributed by atoms with E-state index in [-0.39, 0.29) is 26.9 Å². The zero-order valence-corrected chi connectivity index (χ0v) is 8.15. The number of hydrogen-bond acceptors (Lipinski definition) is 2. The molecule has 6 heteroatoms. The fourth-order valence-corrected chi connectivity index (χ4v) is 1.05. The second kappa shape index (κ2) is 5.61. The van der Waals surface area contributed by atoms with Crippen LogP contribution in [-0.2, 0) is 15.7 Å². The first-order valence-corrected chi connectivity index (χ1v) is 4.85. The molecule has 13 heavy (non-hydrogen) atoms. The Bertz CT molecular complexity index is 289. The summed E-state index contributed by atoms with van der Waals surface area (Å²) in [6, 6.07) is 8.84. The summed E-state index contributed by atoms with van der Waals surface area (Å²) >= 11 is 0. The van der Waals surface area contributed by atoms with E-state index >= 15 is 0 Å². The second-order valence-corrected chi connectivity index (χ2v) is 3.49. The van der Waals surface area contributed by atoms with Crippen molar-refractivity contribution in [3.05, 3.63) is 35.9 Å². The topological polar surface area (TPSA) is 66.8 Å². The number of phosphoric acid groups is 1. The smallest absolute Gasteiger partial charge is 1.00 e. The average molecular weight is 196 g/mol. The third-order valence-electron chi connectivity index (χ3n) is 1.24. The molecule has 0 saturated heterocycles. The van der Waals surface area contributed by atoms with Gasteiger partial charge in [0.05, 0.1) is 6.61 Å². The minimum Gasteiger partial charge on any atom is -1.00 e. The van der Waals surface area contributed by atoms with E-state index in [9.17, 15) is 4.57 Å². The van der Waals surface area contributed by atoms with Gasteiger partial charge in [0, 0.05) is 0 Å². The van der Waals surface area contributed by atoms with Gasteiger partial charge >= 0.3 is 26.7 Å². The summed E-state index contributed by atoms with van der Waals surface area (Å²) < 4.78 is 14.6. The molecule has 4 nitrogen and oxygen atoms in total. The van der Waals surface area contributed by atoms with Crippen LogP contribution in [0, 0.1) is 0 Å². The number of hydrogen-bond donors (Lipinski definition) is 2. The largest absolute Gasteiger partial charge is 1.00 e. The number of rotatable bonds is 3. The molecule has 0 atom stereocenters. The summed E-state index contributed by atoms with van der Waals surface area (Å²) in [7, 11) is -4.33. The molecular weight excluding hydrogens is 186 g/mol. The molecule has 0 aromatic heterocycles. The van der Waals surface area contributed by atoms with Gasteiger partial charge in [0.25, 0.3) is 0 Å². The Morgan fingerprint density at radius 1 is 1.31 bits per heavy atom. The van der Waals surface area contributed by atoms with Gasteiger partial charge in [-0.1, -0.05) is 30.3 Å². The Morgan fingerprint density at radius 2 is 1.85 bits per heavy atom. The summed E-state index contributed by atoms with van der Waals surface area (Å²) in [5, 5.41) is 0. The Morgan fingerprint density at radius 3 is 2.31 bits per heavy atom. The maximum absolute atomic E-state index is 10.3. The van der Waals surface area contributed by atoms with Crippen molar-refractivity contribution in [2.45, 2.75) is 6.61 Å². The molecule has 0 aliphatic rings. The van der Waals surface area contributed by atoms with Crippen LogP contribution in [0.15, 0.2) is 30.3 Å². The molecule has 0 spiro atoms. The van der Waals surface area contributed by atoms with Gasteiger partial charge < -0.3 is 11.2 Å². The maximum Gasteiger partial charge on any atom is 1.00 e. The van der Waals surface area contributed by atoms with Crippen LogP contribution in [0.5, 0.6) is 0 Å². The summed E-state index contributed by atoms with van der Waals surface area (Å²) in [4.78, 5) is 16.7. The van der Waals surface area contributed by atoms with Crippen LogP contribution >= 0.6 is 7.82 Å². The quantitative estimate of drug-likeness (QED) is 0.452. The van der Waals surface area contributed by atoms with E-state index in [1.54, 1.807) is 24.3 Å². The Kier molecular flexibility index (Phi) is 5.58. The van der Waals surface area contributed by atoms with Crippen LogP contribution in [0.25, 0.3) is 0 Å². The normalized spacial score (nSPS) is 10.6. The summed E-state index contributed by atoms with van der Waals surface area (Å²) in [5.41, 5.74) is 0.737. The third-order valence-corrected chi connectivity index (χ3v) is 1.71. The zero-order valence-electron chi connectivity index (χ0n) is 8.25. The van der Waals surface area contributed by atoms with Crippen LogP contribution in [0.4, 0.5) is 0 Å². The van der Waals surface area contributed by atoms with E-state index in [1.807, 2.05) is 6.07 Å². The average Bonchev–Trinajstić information content (AvgIpc) is 2.02. The summed E-state index contributed by atoms with van der Waals surface area (Å²) in [5.74, 6) is 0. The van der Waals surface area contributed by atoms with Crippen molar-refractivity contribution < 1.29 is 39.2 Å². The van der Waals surface area contributed by atoms with E-state index < -0.39 is 7.82 Å². The third kappa shape index (κ3) is 6.06. The van der Waals surface area contributed by atoms with Crippen LogP contribution in [0.1, 0.15) is 6.99 Å². The standard InChI is InChI=1S/C7H9O4P.Li.H/c8-12(9,10)11-6-7-4-2-1-3-5-7;;/h1-5H,6H2,(H2,8,9,10);;/q;+1;-1. The van der Waals surface area contributed by atoms with Crippen molar-refractivity contribution >= 4 is 7.82 Å². The Hall–Kier alpha value is -0.0726. The van der Waals surface area contributed by atoms with Gasteiger partial charge in [-0.2, -0.15) is 0 Å². The molecule has 1 aromatic rings. The molecule has 2 N–H and O–H groups in total. The van der Waals surface area contributed by atoms with Crippen molar-refractivity contribution in [1.82, 2.24) is 0 Å². The minimum atomic E-state index is -4.33. The van der Waals surface area contributed by atoms with Crippen LogP contribution in [0.3, 0.4) is 0 Å². The molecule has 68 valence electrons. The SMILES string of the molecule is O=P(O)(O)OCc1ccccc1.[H-].[Li+]. The van der Waals surface area contributed by atoms with Crippen LogP contribution in [0.2, 0.25) is 0 Å². The molecule has 0 amide bonds. The Balaban J connectivity index is 0. The molecule has 1 aromatic carbocycles. The summed E-state index contributed by atoms with van der Waals surface area (Å²) in [6.07, 6.45) is 0. The monoisotopic (exact) mass is 196 g/mol. The predicted molar refractivity (Wildman–Crippen MR) is 44.4 cm³/mol. The van der Waals surface area contributed by atoms with Crippen molar-refractivity contribution in [3.8, 4) is 0 Å². The molecular formula is C7H10LiO4P. The molecule has 0 bridgehead atoms. The van der Waals surface area contributed by atoms with Gasteiger partial charge in [0.15, 0.2) is 0 Å². The molecule has 1 rings (SSSR count). The van der Waals surface area contributed by atoms with Crippen molar-refractivity contribution in [1.29, 1.82) is 0 Å². The van der Waals surface area contributed by atoms with E-state index in [1.165, 1.54) is 0 Å². The number of phosphoric ester groups is 1. The first-order valence-electron chi connectivity index (χ1n) is 3.32. The molecule has 0 heterocycles. The fraction of sp³-hybridized carbons (Fsp3) is 0.143. The Labute approximate surface area is 89.8 Å². The maximum atomic E-state index is 10.3. The first-order chi connectivity index (χ1) is 5.58. The van der Waals surface area contributed by atoms with Gasteiger partial charge in [0.1, 0.15) is 0 Å². The van der Waals surface area contributed by atoms with Gasteiger partial charge in [0.2, 0.25) is 0 Å². The van der Waals surface area contributed by atoms with Crippen LogP contribution < -0.4 is 18.9 Å². The molecule has 0 saturated carbocycles. The van der Waals surface area contributed by atoms with E-state index in [2.05, 4.69) is 4.52 Å². The molecule has 0 aliphatic heterocycles. The van der Waals surface area contributed by atoms with Gasteiger partial charge in [-0.05, 0) is 5.56 Å². The minimum absolute atomic E-state index is 0. The van der Waals surface area contributed by atoms with Crippen molar-refractivity contribution in [2.24, 2.45) is 0 Å². The van der Waals surface area contributed by atoms with E-state index in [0.717, 1.165) is 5.56 Å². The second-order valence-electron chi connectivity index (χ2n) is 2.25. The fourth-order valence-electron chi connectivity index (χ4n) is 0.733. The first kappa shape index (κ1) is 12.9. The van der Waals surface area contributed by atoms with Crippen LogP contribution in [-0.4, -0.2) is 9.79 Å². The van der Waals surface area contributed by atoms with Gasteiger partial charge in [-0.15, -0.1) is 0 Å². The van der Waals surface area contributed by atoms with Gasteiger partial charge in [-0.25, -0.2) is 4.57 Å². The molecule has 0 unspecified atom stereocenters. The number of benzene rings is 1. The zero-order chi connectivity index (χ0) is 9.03. The predicted octanol–water partition coefficient (Wildman–Crippen LogP) is -1.59. The molecule has 0 radical (unpaired) electrons. The van der Waals surface area contributed by atoms with Gasteiger partial charge in [-0.3, -0.25) is 4.52 Å². The van der Waals surface area contributed by atoms with E-state index in [0.29, 0.717) is 0 Å². The molecule has 0 aliphatic carbocycles. The van der Waals surface area contributed by atoms with Crippen molar-refractivity contribution in [3.63, 3.8) is 0 Å². The van der Waals surface area contributed by atoms with Crippen molar-refractivity contribution in [2.75, 3.05) is 0 Å². The molecule has 0 fully saturated rings. The van der Waals surface area contributed by atoms with E-state index in [4.69, 9.17) is 9.79 Å². The summed E-state index contributed by atoms with van der Waals surface area (Å²) in [6.45, 7) is -0.0644.